The van der Waals surface area contributed by atoms with Crippen LogP contribution in [0.3, 0.4) is 0 Å². The van der Waals surface area contributed by atoms with Crippen LogP contribution in [0.1, 0.15) is 30.5 Å². The van der Waals surface area contributed by atoms with Crippen LogP contribution in [0.4, 0.5) is 17.1 Å². The van der Waals surface area contributed by atoms with Gasteiger partial charge in [0.15, 0.2) is 0 Å². The molecule has 2 aliphatic heterocycles. The van der Waals surface area contributed by atoms with Crippen molar-refractivity contribution in [3.05, 3.63) is 120 Å². The van der Waals surface area contributed by atoms with Crippen LogP contribution in [0.25, 0.3) is 24.3 Å². The number of rotatable bonds is 5. The van der Waals surface area contributed by atoms with Gasteiger partial charge in [-0.15, -0.1) is 34.4 Å². The van der Waals surface area contributed by atoms with Crippen LogP contribution in [0.15, 0.2) is 94.7 Å². The van der Waals surface area contributed by atoms with Crippen LogP contribution in [-0.2, 0) is 0 Å². The summed E-state index contributed by atoms with van der Waals surface area (Å²) in [5, 5.41) is 15.3. The molecule has 4 heterocycles. The van der Waals surface area contributed by atoms with E-state index in [-0.39, 0.29) is 0 Å². The van der Waals surface area contributed by atoms with E-state index in [0.29, 0.717) is 0 Å². The third-order valence-electron chi connectivity index (χ3n) is 6.75. The summed E-state index contributed by atoms with van der Waals surface area (Å²) in [6, 6.07) is 30.8. The normalized spacial score (nSPS) is 15.3. The molecule has 5 aromatic rings. The van der Waals surface area contributed by atoms with Crippen LogP contribution in [0, 0.1) is 12.3 Å². The smallest absolute Gasteiger partial charge is 0.124 e. The minimum atomic E-state index is -0.409. The van der Waals surface area contributed by atoms with E-state index in [1.54, 1.807) is 11.3 Å². The first-order valence-electron chi connectivity index (χ1n) is 14.1. The van der Waals surface area contributed by atoms with E-state index in [4.69, 9.17) is 5.41 Å². The Morgan fingerprint density at radius 3 is 1.74 bits per heavy atom. The fraction of sp³-hybridized carbons (Fsp3) is 0.139. The van der Waals surface area contributed by atoms with Crippen LogP contribution in [-0.4, -0.2) is 23.0 Å². The Kier molecular flexibility index (Phi) is 10.4. The summed E-state index contributed by atoms with van der Waals surface area (Å²) in [7, 11) is 0. The SMILES string of the molecule is C=N.CC.Cc1ccc(N(c2ccc(/C=c3/cc4c(s3)=CCS4)cc2)c2ccc(/C=c3\cc4c(s3)=CC(O)S4)cc2)cc1. The molecule has 2 aromatic heterocycles. The highest BCUT2D eigenvalue weighted by atomic mass is 32.2. The van der Waals surface area contributed by atoms with Gasteiger partial charge in [-0.1, -0.05) is 73.6 Å². The standard InChI is InChI=1S/C33H25NOS4.C2H6.CH3N/c1-21-2-8-24(9-3-21)34(25-10-4-22(5-11-25)16-27-18-30-29(37-27)14-15-36-30)26-12-6-23(7-13-26)17-28-19-31-32(38-28)20-33(35)39-31;2*1-2/h2-14,16-20,33,35H,15H2,1H3;1-2H3;2H,1H2/b27-16-,28-17+;;. The Morgan fingerprint density at radius 2 is 1.23 bits per heavy atom. The zero-order valence-electron chi connectivity index (χ0n) is 24.4. The number of thiophene rings is 2. The molecule has 3 nitrogen and oxygen atoms in total. The van der Waals surface area contributed by atoms with Crippen molar-refractivity contribution in [3.8, 4) is 0 Å². The van der Waals surface area contributed by atoms with Crippen molar-refractivity contribution in [1.82, 2.24) is 0 Å². The molecular formula is C36H34N2OS4. The van der Waals surface area contributed by atoms with Crippen LogP contribution < -0.4 is 23.0 Å². The van der Waals surface area contributed by atoms with Gasteiger partial charge in [0.25, 0.3) is 0 Å². The summed E-state index contributed by atoms with van der Waals surface area (Å²) < 4.78 is 5.09. The predicted molar refractivity (Wildman–Crippen MR) is 193 cm³/mol. The Balaban J connectivity index is 0.000000885. The van der Waals surface area contributed by atoms with E-state index in [1.165, 1.54) is 50.8 Å². The summed E-state index contributed by atoms with van der Waals surface area (Å²) in [5.41, 5.74) is 6.60. The molecule has 0 radical (unpaired) electrons. The van der Waals surface area contributed by atoms with Gasteiger partial charge < -0.3 is 15.4 Å². The fourth-order valence-electron chi connectivity index (χ4n) is 4.83. The van der Waals surface area contributed by atoms with Gasteiger partial charge in [0.05, 0.1) is 0 Å². The number of aliphatic hydroxyl groups excluding tert-OH is 1. The number of thioether (sulfide) groups is 2. The van der Waals surface area contributed by atoms with E-state index in [9.17, 15) is 5.11 Å². The number of aryl methyl sites for hydroxylation is 1. The van der Waals surface area contributed by atoms with Crippen LogP contribution >= 0.6 is 46.2 Å². The third-order valence-corrected chi connectivity index (χ3v) is 11.1. The molecule has 3 aromatic carbocycles. The van der Waals surface area contributed by atoms with Crippen LogP contribution in [0.2, 0.25) is 0 Å². The van der Waals surface area contributed by atoms with Gasteiger partial charge in [-0.3, -0.25) is 0 Å². The average molecular weight is 639 g/mol. The first kappa shape index (κ1) is 31.1. The first-order valence-corrected chi connectivity index (χ1v) is 17.6. The Labute approximate surface area is 269 Å². The second kappa shape index (κ2) is 14.4. The number of nitrogens with zero attached hydrogens (tertiary/aromatic N) is 1. The molecule has 0 amide bonds. The molecule has 1 atom stereocenters. The summed E-state index contributed by atoms with van der Waals surface area (Å²) in [6.45, 7) is 8.62. The van der Waals surface area contributed by atoms with Crippen molar-refractivity contribution in [1.29, 1.82) is 5.41 Å². The predicted octanol–water partition coefficient (Wildman–Crippen LogP) is 7.63. The van der Waals surface area contributed by atoms with Gasteiger partial charge in [-0.05, 0) is 91.5 Å². The first-order chi connectivity index (χ1) is 21.1. The topological polar surface area (TPSA) is 47.3 Å². The van der Waals surface area contributed by atoms with Gasteiger partial charge in [-0.25, -0.2) is 0 Å². The Hall–Kier alpha value is -3.33. The van der Waals surface area contributed by atoms with Gasteiger partial charge in [-0.2, -0.15) is 0 Å². The maximum absolute atomic E-state index is 9.81. The van der Waals surface area contributed by atoms with E-state index in [2.05, 4.69) is 122 Å². The Bertz CT molecular complexity index is 1920. The maximum Gasteiger partial charge on any atom is 0.124 e. The Morgan fingerprint density at radius 1 is 0.744 bits per heavy atom. The van der Waals surface area contributed by atoms with Gasteiger partial charge in [0.1, 0.15) is 5.44 Å². The van der Waals surface area contributed by atoms with Crippen molar-refractivity contribution in [2.24, 2.45) is 0 Å². The fourth-order valence-corrected chi connectivity index (χ4v) is 9.38. The molecule has 1 unspecified atom stereocenters. The van der Waals surface area contributed by atoms with Gasteiger partial charge in [0.2, 0.25) is 0 Å². The lowest BCUT2D eigenvalue weighted by atomic mass is 10.1. The highest BCUT2D eigenvalue weighted by Gasteiger charge is 2.15. The molecule has 0 bridgehead atoms. The van der Waals surface area contributed by atoms with E-state index in [0.717, 1.165) is 28.4 Å². The maximum atomic E-state index is 9.81. The lowest BCUT2D eigenvalue weighted by Gasteiger charge is -2.26. The van der Waals surface area contributed by atoms with E-state index < -0.39 is 5.44 Å². The van der Waals surface area contributed by atoms with Crippen LogP contribution in [0.5, 0.6) is 0 Å². The molecule has 0 fully saturated rings. The molecule has 7 rings (SSSR count). The van der Waals surface area contributed by atoms with Crippen molar-refractivity contribution >= 4 is 94.3 Å². The molecular weight excluding hydrogens is 605 g/mol. The monoisotopic (exact) mass is 638 g/mol. The number of benzene rings is 3. The highest BCUT2D eigenvalue weighted by molar-refractivity contribution is 8.00. The van der Waals surface area contributed by atoms with Crippen molar-refractivity contribution in [3.63, 3.8) is 0 Å². The number of hydrogen-bond donors (Lipinski definition) is 2. The second-order valence-corrected chi connectivity index (χ2v) is 14.0. The molecule has 0 spiro atoms. The summed E-state index contributed by atoms with van der Waals surface area (Å²) in [4.78, 5) is 4.89. The number of aliphatic hydroxyl groups is 1. The molecule has 2 N–H and O–H groups in total. The molecule has 2 aliphatic rings. The summed E-state index contributed by atoms with van der Waals surface area (Å²) >= 11 is 7.03. The van der Waals surface area contributed by atoms with Gasteiger partial charge >= 0.3 is 0 Å². The molecule has 43 heavy (non-hydrogen) atoms. The van der Waals surface area contributed by atoms with Gasteiger partial charge in [0, 0.05) is 50.7 Å². The molecule has 0 saturated heterocycles. The minimum absolute atomic E-state index is 0.409. The van der Waals surface area contributed by atoms with Crippen molar-refractivity contribution in [2.75, 3.05) is 10.7 Å². The quantitative estimate of drug-likeness (QED) is 0.195. The number of fused-ring (bicyclic) bond motifs is 2. The van der Waals surface area contributed by atoms with E-state index in [1.807, 2.05) is 43.0 Å². The minimum Gasteiger partial charge on any atom is -0.378 e. The lowest BCUT2D eigenvalue weighted by molar-refractivity contribution is 0.325. The van der Waals surface area contributed by atoms with Crippen molar-refractivity contribution in [2.45, 2.75) is 36.0 Å². The second-order valence-electron chi connectivity index (χ2n) is 9.59. The zero-order chi connectivity index (χ0) is 30.3. The largest absolute Gasteiger partial charge is 0.378 e. The third kappa shape index (κ3) is 7.25. The van der Waals surface area contributed by atoms with Crippen molar-refractivity contribution < 1.29 is 5.11 Å². The van der Waals surface area contributed by atoms with E-state index >= 15 is 0 Å². The highest BCUT2D eigenvalue weighted by Crippen LogP contribution is 2.35. The lowest BCUT2D eigenvalue weighted by Crippen LogP contribution is -2.10. The summed E-state index contributed by atoms with van der Waals surface area (Å²) in [5.74, 6) is 1.10. The molecule has 0 aliphatic carbocycles. The molecule has 7 heteroatoms. The number of hydrogen-bond acceptors (Lipinski definition) is 7. The summed E-state index contributed by atoms with van der Waals surface area (Å²) in [6.07, 6.45) is 8.74. The molecule has 0 saturated carbocycles. The molecule has 218 valence electrons. The average Bonchev–Trinajstić information content (AvgIpc) is 3.79. The number of nitrogens with one attached hydrogen (secondary N) is 1. The zero-order valence-corrected chi connectivity index (χ0v) is 27.7. The number of anilines is 3.